The number of aromatic nitrogens is 2. The van der Waals surface area contributed by atoms with Crippen molar-refractivity contribution in [3.8, 4) is 17.2 Å². The molecule has 8 nitrogen and oxygen atoms in total. The van der Waals surface area contributed by atoms with Gasteiger partial charge in [0.1, 0.15) is 12.0 Å². The molecule has 27 heavy (non-hydrogen) atoms. The van der Waals surface area contributed by atoms with Crippen molar-refractivity contribution in [3.63, 3.8) is 0 Å². The number of urea groups is 1. The Kier molecular flexibility index (Phi) is 4.78. The van der Waals surface area contributed by atoms with E-state index >= 15 is 0 Å². The number of likely N-dealkylation sites (tertiary alicyclic amines) is 1. The fraction of sp³-hybridized carbons (Fsp3) is 0.316. The van der Waals surface area contributed by atoms with Gasteiger partial charge in [-0.05, 0) is 31.0 Å². The summed E-state index contributed by atoms with van der Waals surface area (Å²) >= 11 is 0. The molecule has 0 atom stereocenters. The lowest BCUT2D eigenvalue weighted by atomic mass is 9.97. The molecular weight excluding hydrogens is 348 g/mol. The Bertz CT molecular complexity index is 898. The zero-order valence-corrected chi connectivity index (χ0v) is 14.9. The third kappa shape index (κ3) is 3.79. The highest BCUT2D eigenvalue weighted by Gasteiger charge is 2.27. The topological polar surface area (TPSA) is 93.6 Å². The monoisotopic (exact) mass is 368 g/mol. The molecule has 0 bridgehead atoms. The number of hydrogen-bond donors (Lipinski definition) is 1. The number of anilines is 1. The van der Waals surface area contributed by atoms with Crippen LogP contribution in [0.3, 0.4) is 0 Å². The predicted molar refractivity (Wildman–Crippen MR) is 97.6 cm³/mol. The summed E-state index contributed by atoms with van der Waals surface area (Å²) < 4.78 is 16.0. The minimum atomic E-state index is -0.119. The smallest absolute Gasteiger partial charge is 0.321 e. The molecule has 2 amide bonds. The first-order chi connectivity index (χ1) is 13.2. The van der Waals surface area contributed by atoms with Gasteiger partial charge in [0.2, 0.25) is 5.89 Å². The largest absolute Gasteiger partial charge is 0.497 e. The maximum Gasteiger partial charge on any atom is 0.321 e. The molecule has 140 valence electrons. The van der Waals surface area contributed by atoms with E-state index in [0.717, 1.165) is 18.4 Å². The van der Waals surface area contributed by atoms with Crippen molar-refractivity contribution >= 4 is 11.7 Å². The zero-order valence-electron chi connectivity index (χ0n) is 14.9. The molecule has 4 rings (SSSR count). The maximum absolute atomic E-state index is 12.5. The summed E-state index contributed by atoms with van der Waals surface area (Å²) in [5, 5.41) is 11.1. The summed E-state index contributed by atoms with van der Waals surface area (Å²) in [6, 6.07) is 8.97. The molecule has 8 heteroatoms. The van der Waals surface area contributed by atoms with Gasteiger partial charge >= 0.3 is 6.03 Å². The van der Waals surface area contributed by atoms with Gasteiger partial charge in [-0.2, -0.15) is 0 Å². The summed E-state index contributed by atoms with van der Waals surface area (Å²) in [5.41, 5.74) is 1.48. The van der Waals surface area contributed by atoms with E-state index < -0.39 is 0 Å². The molecular formula is C19H20N4O4. The number of methoxy groups -OCH3 is 1. The molecule has 1 aromatic carbocycles. The van der Waals surface area contributed by atoms with Gasteiger partial charge < -0.3 is 23.8 Å². The van der Waals surface area contributed by atoms with Gasteiger partial charge in [-0.15, -0.1) is 10.2 Å². The number of carbonyl (C=O) groups is 1. The molecule has 1 aliphatic heterocycles. The van der Waals surface area contributed by atoms with E-state index in [1.807, 2.05) is 18.2 Å². The number of ether oxygens (including phenoxy) is 1. The fourth-order valence-electron chi connectivity index (χ4n) is 3.14. The average molecular weight is 368 g/mol. The van der Waals surface area contributed by atoms with E-state index in [9.17, 15) is 4.79 Å². The Morgan fingerprint density at radius 2 is 2.11 bits per heavy atom. The Labute approximate surface area is 156 Å². The van der Waals surface area contributed by atoms with Crippen molar-refractivity contribution in [2.45, 2.75) is 18.8 Å². The van der Waals surface area contributed by atoms with Crippen LogP contribution in [0.25, 0.3) is 11.5 Å². The molecule has 1 aliphatic rings. The molecule has 0 radical (unpaired) electrons. The molecule has 0 aliphatic carbocycles. The van der Waals surface area contributed by atoms with Crippen LogP contribution in [0.15, 0.2) is 51.7 Å². The third-order valence-electron chi connectivity index (χ3n) is 4.66. The van der Waals surface area contributed by atoms with E-state index in [1.165, 1.54) is 0 Å². The third-order valence-corrected chi connectivity index (χ3v) is 4.66. The van der Waals surface area contributed by atoms with Crippen LogP contribution in [-0.2, 0) is 0 Å². The van der Waals surface area contributed by atoms with Crippen molar-refractivity contribution in [2.75, 3.05) is 25.5 Å². The highest BCUT2D eigenvalue weighted by molar-refractivity contribution is 5.89. The van der Waals surface area contributed by atoms with Crippen LogP contribution in [0, 0.1) is 0 Å². The normalized spacial score (nSPS) is 14.9. The molecule has 3 heterocycles. The summed E-state index contributed by atoms with van der Waals surface area (Å²) in [7, 11) is 1.60. The average Bonchev–Trinajstić information content (AvgIpc) is 3.40. The molecule has 1 saturated heterocycles. The van der Waals surface area contributed by atoms with E-state index in [4.69, 9.17) is 13.6 Å². The first-order valence-corrected chi connectivity index (χ1v) is 8.79. The van der Waals surface area contributed by atoms with E-state index in [0.29, 0.717) is 36.3 Å². The van der Waals surface area contributed by atoms with Gasteiger partial charge in [0.05, 0.1) is 18.9 Å². The van der Waals surface area contributed by atoms with Crippen molar-refractivity contribution in [3.05, 3.63) is 48.7 Å². The molecule has 1 N–H and O–H groups in total. The minimum Gasteiger partial charge on any atom is -0.497 e. The van der Waals surface area contributed by atoms with Gasteiger partial charge in [-0.1, -0.05) is 6.07 Å². The maximum atomic E-state index is 12.5. The predicted octanol–water partition coefficient (Wildman–Crippen LogP) is 3.75. The number of furan rings is 1. The summed E-state index contributed by atoms with van der Waals surface area (Å²) in [5.74, 6) is 1.92. The van der Waals surface area contributed by atoms with Crippen LogP contribution in [-0.4, -0.2) is 41.3 Å². The Balaban J connectivity index is 1.34. The number of piperidine rings is 1. The lowest BCUT2D eigenvalue weighted by molar-refractivity contribution is 0.190. The number of benzene rings is 1. The van der Waals surface area contributed by atoms with Crippen LogP contribution in [0.2, 0.25) is 0 Å². The summed E-state index contributed by atoms with van der Waals surface area (Å²) in [4.78, 5) is 14.3. The molecule has 2 aromatic heterocycles. The Morgan fingerprint density at radius 3 is 2.85 bits per heavy atom. The van der Waals surface area contributed by atoms with Crippen molar-refractivity contribution < 1.29 is 18.4 Å². The van der Waals surface area contributed by atoms with Gasteiger partial charge in [0.25, 0.3) is 5.89 Å². The van der Waals surface area contributed by atoms with Gasteiger partial charge in [-0.3, -0.25) is 0 Å². The highest BCUT2D eigenvalue weighted by Crippen LogP contribution is 2.29. The van der Waals surface area contributed by atoms with Crippen molar-refractivity contribution in [1.29, 1.82) is 0 Å². The number of hydrogen-bond acceptors (Lipinski definition) is 6. The second-order valence-corrected chi connectivity index (χ2v) is 6.38. The zero-order chi connectivity index (χ0) is 18.6. The van der Waals surface area contributed by atoms with Crippen LogP contribution >= 0.6 is 0 Å². The SMILES string of the molecule is COc1cccc(NC(=O)N2CCC(c3nnc(-c4ccoc4)o3)CC2)c1. The molecule has 1 fully saturated rings. The van der Waals surface area contributed by atoms with Crippen molar-refractivity contribution in [1.82, 2.24) is 15.1 Å². The highest BCUT2D eigenvalue weighted by atomic mass is 16.5. The minimum absolute atomic E-state index is 0.119. The van der Waals surface area contributed by atoms with Crippen molar-refractivity contribution in [2.24, 2.45) is 0 Å². The first kappa shape index (κ1) is 17.1. The summed E-state index contributed by atoms with van der Waals surface area (Å²) in [6.45, 7) is 1.26. The van der Waals surface area contributed by atoms with E-state index in [1.54, 1.807) is 36.7 Å². The quantitative estimate of drug-likeness (QED) is 0.754. The number of amides is 2. The molecule has 0 spiro atoms. The van der Waals surface area contributed by atoms with Gasteiger partial charge in [0, 0.05) is 30.8 Å². The molecule has 0 unspecified atom stereocenters. The fourth-order valence-corrected chi connectivity index (χ4v) is 3.14. The van der Waals surface area contributed by atoms with E-state index in [-0.39, 0.29) is 11.9 Å². The number of nitrogens with one attached hydrogen (secondary N) is 1. The molecule has 0 saturated carbocycles. The van der Waals surface area contributed by atoms with Gasteiger partial charge in [-0.25, -0.2) is 4.79 Å². The Morgan fingerprint density at radius 1 is 1.26 bits per heavy atom. The number of carbonyl (C=O) groups excluding carboxylic acids is 1. The standard InChI is InChI=1S/C19H20N4O4/c1-25-16-4-2-3-15(11-16)20-19(24)23-8-5-13(6-9-23)17-21-22-18(27-17)14-7-10-26-12-14/h2-4,7,10-13H,5-6,8-9H2,1H3,(H,20,24). The number of nitrogens with zero attached hydrogens (tertiary/aromatic N) is 3. The first-order valence-electron chi connectivity index (χ1n) is 8.79. The van der Waals surface area contributed by atoms with Crippen LogP contribution < -0.4 is 10.1 Å². The lowest BCUT2D eigenvalue weighted by Crippen LogP contribution is -2.40. The second-order valence-electron chi connectivity index (χ2n) is 6.38. The lowest BCUT2D eigenvalue weighted by Gasteiger charge is -2.30. The number of rotatable bonds is 4. The van der Waals surface area contributed by atoms with Gasteiger partial charge in [0.15, 0.2) is 0 Å². The summed E-state index contributed by atoms with van der Waals surface area (Å²) in [6.07, 6.45) is 4.69. The molecule has 3 aromatic rings. The van der Waals surface area contributed by atoms with Crippen LogP contribution in [0.1, 0.15) is 24.7 Å². The van der Waals surface area contributed by atoms with E-state index in [2.05, 4.69) is 15.5 Å². The Hall–Kier alpha value is -3.29. The second kappa shape index (κ2) is 7.53. The van der Waals surface area contributed by atoms with Crippen LogP contribution in [0.4, 0.5) is 10.5 Å². The van der Waals surface area contributed by atoms with Crippen LogP contribution in [0.5, 0.6) is 5.75 Å².